The maximum absolute atomic E-state index is 15.1. The van der Waals surface area contributed by atoms with E-state index in [9.17, 15) is 24.3 Å². The molecule has 1 N–H and O–H groups in total. The summed E-state index contributed by atoms with van der Waals surface area (Å²) in [5.74, 6) is -6.10. The van der Waals surface area contributed by atoms with Gasteiger partial charge in [0.2, 0.25) is 6.10 Å². The standard InChI is InChI=1S/C35H39NO12/c1-17(37)45-23(27(40)43-6)24-31(2,3)29(47-26(39)18-8-7-12-36-15-18)34(42)28(41)33(24,5)20-9-11-32(4)21(35(20)30(34)48-35)14-22(38)46-25(32)19-10-13-44-16-19/h7-8,10,12-13,15-16,20-21,23-25,29-30,42H,9,11,14H2,1-6H3/t20-,21-,23?,24+,25+,29+,30-,32-,33-,34+,35-/m1/s1. The molecule has 2 aromatic rings. The Kier molecular flexibility index (Phi) is 7.06. The molecule has 0 aromatic carbocycles. The minimum atomic E-state index is -2.41. The molecule has 2 aromatic heterocycles. The van der Waals surface area contributed by atoms with Gasteiger partial charge in [0, 0.05) is 58.9 Å². The number of pyridine rings is 1. The summed E-state index contributed by atoms with van der Waals surface area (Å²) in [6, 6.07) is 4.76. The number of nitrogens with zero attached hydrogens (tertiary/aromatic N) is 1. The second-order valence-corrected chi connectivity index (χ2v) is 14.9. The molecule has 7 rings (SSSR count). The number of aromatic nitrogens is 1. The van der Waals surface area contributed by atoms with Crippen LogP contribution in [0.1, 0.15) is 75.9 Å². The number of carbonyl (C=O) groups is 5. The Hall–Kier alpha value is -4.10. The van der Waals surface area contributed by atoms with Gasteiger partial charge in [0.1, 0.15) is 23.9 Å². The highest BCUT2D eigenvalue weighted by Crippen LogP contribution is 2.78. The summed E-state index contributed by atoms with van der Waals surface area (Å²) in [6.07, 6.45) is 1.56. The number of carbonyl (C=O) groups excluding carboxylic acids is 5. The van der Waals surface area contributed by atoms with Crippen molar-refractivity contribution in [1.82, 2.24) is 4.98 Å². The van der Waals surface area contributed by atoms with Crippen LogP contribution in [0.5, 0.6) is 0 Å². The van der Waals surface area contributed by atoms with E-state index in [4.69, 9.17) is 28.1 Å². The molecule has 2 aliphatic heterocycles. The first-order chi connectivity index (χ1) is 22.6. The molecule has 13 nitrogen and oxygen atoms in total. The summed E-state index contributed by atoms with van der Waals surface area (Å²) >= 11 is 0. The number of cyclic esters (lactones) is 1. The van der Waals surface area contributed by atoms with E-state index in [1.54, 1.807) is 32.9 Å². The first-order valence-electron chi connectivity index (χ1n) is 16.1. The van der Waals surface area contributed by atoms with Gasteiger partial charge >= 0.3 is 23.9 Å². The quantitative estimate of drug-likeness (QED) is 0.270. The van der Waals surface area contributed by atoms with Gasteiger partial charge in [-0.05, 0) is 31.0 Å². The number of rotatable bonds is 6. The predicted octanol–water partition coefficient (Wildman–Crippen LogP) is 3.14. The van der Waals surface area contributed by atoms with Crippen molar-refractivity contribution in [3.8, 4) is 0 Å². The molecule has 1 spiro atoms. The van der Waals surface area contributed by atoms with Crippen molar-refractivity contribution in [1.29, 1.82) is 0 Å². The average molecular weight is 666 g/mol. The molecular formula is C35H39NO12. The van der Waals surface area contributed by atoms with Crippen molar-refractivity contribution in [3.63, 3.8) is 0 Å². The van der Waals surface area contributed by atoms with E-state index >= 15 is 4.79 Å². The van der Waals surface area contributed by atoms with E-state index in [-0.39, 0.29) is 12.0 Å². The van der Waals surface area contributed by atoms with Gasteiger partial charge in [-0.1, -0.05) is 27.7 Å². The van der Waals surface area contributed by atoms with Gasteiger partial charge in [-0.3, -0.25) is 19.4 Å². The molecule has 0 radical (unpaired) electrons. The number of aliphatic hydroxyl groups is 1. The fourth-order valence-corrected chi connectivity index (χ4v) is 10.6. The third-order valence-electron chi connectivity index (χ3n) is 12.2. The van der Waals surface area contributed by atoms with Gasteiger partial charge in [-0.15, -0.1) is 0 Å². The number of hydrogen-bond acceptors (Lipinski definition) is 13. The normalized spacial score (nSPS) is 41.0. The van der Waals surface area contributed by atoms with Gasteiger partial charge in [0.25, 0.3) is 0 Å². The lowest BCUT2D eigenvalue weighted by Crippen LogP contribution is -2.81. The van der Waals surface area contributed by atoms with Crippen molar-refractivity contribution in [2.24, 2.45) is 34.0 Å². The first-order valence-corrected chi connectivity index (χ1v) is 16.1. The lowest BCUT2D eigenvalue weighted by Gasteiger charge is -2.67. The molecule has 2 bridgehead atoms. The topological polar surface area (TPSA) is 181 Å². The minimum Gasteiger partial charge on any atom is -0.472 e. The summed E-state index contributed by atoms with van der Waals surface area (Å²) in [6.45, 7) is 8.14. The average Bonchev–Trinajstić information content (AvgIpc) is 3.53. The van der Waals surface area contributed by atoms with Crippen LogP contribution in [0.25, 0.3) is 0 Å². The van der Waals surface area contributed by atoms with E-state index < -0.39 is 99.3 Å². The summed E-state index contributed by atoms with van der Waals surface area (Å²) in [4.78, 5) is 72.1. The smallest absolute Gasteiger partial charge is 0.347 e. The number of ether oxygens (including phenoxy) is 5. The van der Waals surface area contributed by atoms with Gasteiger partial charge in [0.05, 0.1) is 31.6 Å². The van der Waals surface area contributed by atoms with Crippen molar-refractivity contribution >= 4 is 29.7 Å². The molecule has 4 heterocycles. The van der Waals surface area contributed by atoms with Crippen LogP contribution in [0.4, 0.5) is 0 Å². The van der Waals surface area contributed by atoms with Crippen molar-refractivity contribution < 1.29 is 57.2 Å². The monoisotopic (exact) mass is 665 g/mol. The number of ketones is 1. The van der Waals surface area contributed by atoms with Crippen LogP contribution in [-0.4, -0.2) is 76.4 Å². The lowest BCUT2D eigenvalue weighted by atomic mass is 9.36. The second kappa shape index (κ2) is 10.4. The number of epoxide rings is 1. The SMILES string of the molecule is COC(=O)C(OC(C)=O)[C@H]1C(C)(C)[C@H](OC(=O)c2cccnc2)[C@@]2(O)C(=O)[C@]1(C)[C@H]1CC[C@]3(C)[C@@H](CC(=O)O[C@H]3c3ccoc3)[C@]13O[C@H]23. The summed E-state index contributed by atoms with van der Waals surface area (Å²) in [5.41, 5.74) is -6.64. The molecule has 48 heavy (non-hydrogen) atoms. The van der Waals surface area contributed by atoms with E-state index in [1.165, 1.54) is 31.0 Å². The Labute approximate surface area is 276 Å². The van der Waals surface area contributed by atoms with E-state index in [2.05, 4.69) is 4.98 Å². The molecular weight excluding hydrogens is 626 g/mol. The van der Waals surface area contributed by atoms with Crippen LogP contribution in [0.15, 0.2) is 47.5 Å². The zero-order chi connectivity index (χ0) is 34.6. The largest absolute Gasteiger partial charge is 0.472 e. The van der Waals surface area contributed by atoms with Crippen LogP contribution in [0.3, 0.4) is 0 Å². The Morgan fingerprint density at radius 3 is 2.48 bits per heavy atom. The van der Waals surface area contributed by atoms with Crippen molar-refractivity contribution in [2.75, 3.05) is 7.11 Å². The van der Waals surface area contributed by atoms with Gasteiger partial charge in [-0.25, -0.2) is 9.59 Å². The molecule has 3 aliphatic carbocycles. The summed E-state index contributed by atoms with van der Waals surface area (Å²) in [5, 5.41) is 12.9. The number of furan rings is 1. The summed E-state index contributed by atoms with van der Waals surface area (Å²) < 4.78 is 34.8. The highest BCUT2D eigenvalue weighted by atomic mass is 16.6. The lowest BCUT2D eigenvalue weighted by molar-refractivity contribution is -0.257. The van der Waals surface area contributed by atoms with Crippen molar-refractivity contribution in [3.05, 3.63) is 54.2 Å². The van der Waals surface area contributed by atoms with Crippen LogP contribution >= 0.6 is 0 Å². The van der Waals surface area contributed by atoms with Crippen LogP contribution < -0.4 is 0 Å². The molecule has 11 atom stereocenters. The maximum atomic E-state index is 15.1. The number of esters is 4. The highest BCUT2D eigenvalue weighted by Gasteiger charge is 2.91. The highest BCUT2D eigenvalue weighted by molar-refractivity contribution is 6.00. The van der Waals surface area contributed by atoms with Gasteiger partial charge in [0.15, 0.2) is 11.4 Å². The third-order valence-corrected chi connectivity index (χ3v) is 12.2. The zero-order valence-corrected chi connectivity index (χ0v) is 27.6. The van der Waals surface area contributed by atoms with Gasteiger partial charge in [-0.2, -0.15) is 0 Å². The Balaban J connectivity index is 1.43. The van der Waals surface area contributed by atoms with Crippen LogP contribution in [0.2, 0.25) is 0 Å². The number of methoxy groups -OCH3 is 1. The zero-order valence-electron chi connectivity index (χ0n) is 27.6. The molecule has 0 amide bonds. The van der Waals surface area contributed by atoms with Gasteiger partial charge < -0.3 is 33.2 Å². The maximum Gasteiger partial charge on any atom is 0.347 e. The number of hydrogen-bond donors (Lipinski definition) is 1. The van der Waals surface area contributed by atoms with Crippen LogP contribution in [-0.2, 0) is 42.9 Å². The Morgan fingerprint density at radius 1 is 1.10 bits per heavy atom. The fourth-order valence-electron chi connectivity index (χ4n) is 10.6. The first kappa shape index (κ1) is 32.4. The van der Waals surface area contributed by atoms with E-state index in [0.29, 0.717) is 18.4 Å². The Morgan fingerprint density at radius 2 is 1.85 bits per heavy atom. The molecule has 3 saturated carbocycles. The van der Waals surface area contributed by atoms with E-state index in [1.807, 2.05) is 6.92 Å². The number of Topliss-reactive ketones (excluding diaryl/α,β-unsaturated/α-hetero) is 1. The predicted molar refractivity (Wildman–Crippen MR) is 160 cm³/mol. The fraction of sp³-hybridized carbons (Fsp3) is 0.600. The molecule has 2 saturated heterocycles. The molecule has 1 unspecified atom stereocenters. The molecule has 5 aliphatic rings. The third kappa shape index (κ3) is 4.03. The van der Waals surface area contributed by atoms with Crippen molar-refractivity contribution in [2.45, 2.75) is 89.5 Å². The number of fused-ring (bicyclic) bond motifs is 5. The van der Waals surface area contributed by atoms with E-state index in [0.717, 1.165) is 14.0 Å². The minimum absolute atomic E-state index is 0.0588. The Bertz CT molecular complexity index is 1690. The molecule has 256 valence electrons. The molecule has 5 fully saturated rings. The molecule has 13 heteroatoms. The summed E-state index contributed by atoms with van der Waals surface area (Å²) in [7, 11) is 1.15. The second-order valence-electron chi connectivity index (χ2n) is 14.9. The van der Waals surface area contributed by atoms with Crippen LogP contribution in [0, 0.1) is 34.0 Å².